The minimum absolute atomic E-state index is 0.261. The van der Waals surface area contributed by atoms with Gasteiger partial charge >= 0.3 is 0 Å². The zero-order chi connectivity index (χ0) is 16.9. The van der Waals surface area contributed by atoms with E-state index in [4.69, 9.17) is 21.1 Å². The Hall–Kier alpha value is -1.28. The van der Waals surface area contributed by atoms with Crippen molar-refractivity contribution in [1.82, 2.24) is 0 Å². The normalized spacial score (nSPS) is 11.4. The van der Waals surface area contributed by atoms with Gasteiger partial charge in [-0.25, -0.2) is 8.42 Å². The lowest BCUT2D eigenvalue weighted by atomic mass is 10.3. The third-order valence-corrected chi connectivity index (χ3v) is 6.38. The Morgan fingerprint density at radius 1 is 1.22 bits per heavy atom. The van der Waals surface area contributed by atoms with Crippen molar-refractivity contribution in [2.24, 2.45) is 0 Å². The number of para-hydroxylation sites is 1. The van der Waals surface area contributed by atoms with Crippen LogP contribution in [0.25, 0.3) is 0 Å². The van der Waals surface area contributed by atoms with Gasteiger partial charge in [-0.2, -0.15) is 0 Å². The summed E-state index contributed by atoms with van der Waals surface area (Å²) in [4.78, 5) is 1.01. The summed E-state index contributed by atoms with van der Waals surface area (Å²) in [6.45, 7) is 2.63. The number of ether oxygens (including phenoxy) is 2. The first kappa shape index (κ1) is 18.1. The van der Waals surface area contributed by atoms with E-state index >= 15 is 0 Å². The number of halogens is 1. The zero-order valence-corrected chi connectivity index (χ0v) is 15.2. The van der Waals surface area contributed by atoms with Crippen LogP contribution in [0.4, 0.5) is 5.69 Å². The van der Waals surface area contributed by atoms with Gasteiger partial charge < -0.3 is 9.47 Å². The van der Waals surface area contributed by atoms with Crippen molar-refractivity contribution >= 4 is 38.6 Å². The first-order valence-electron chi connectivity index (χ1n) is 6.99. The maximum Gasteiger partial charge on any atom is 0.271 e. The molecule has 2 rings (SSSR count). The summed E-state index contributed by atoms with van der Waals surface area (Å²) >= 11 is 7.36. The predicted octanol–water partition coefficient (Wildman–Crippen LogP) is 3.79. The van der Waals surface area contributed by atoms with Gasteiger partial charge in [0, 0.05) is 12.0 Å². The third kappa shape index (κ3) is 4.60. The fourth-order valence-electron chi connectivity index (χ4n) is 1.85. The van der Waals surface area contributed by atoms with Crippen molar-refractivity contribution in [3.63, 3.8) is 0 Å². The molecule has 0 aliphatic carbocycles. The number of methoxy groups -OCH3 is 1. The molecule has 0 spiro atoms. The number of hydrogen-bond acceptors (Lipinski definition) is 5. The van der Waals surface area contributed by atoms with Crippen molar-refractivity contribution in [3.05, 3.63) is 40.2 Å². The molecule has 126 valence electrons. The van der Waals surface area contributed by atoms with Gasteiger partial charge in [0.2, 0.25) is 0 Å². The van der Waals surface area contributed by atoms with E-state index in [9.17, 15) is 8.42 Å². The second-order valence-corrected chi connectivity index (χ2v) is 8.12. The molecule has 1 aromatic carbocycles. The van der Waals surface area contributed by atoms with Crippen molar-refractivity contribution < 1.29 is 17.9 Å². The molecule has 0 saturated carbocycles. The molecular formula is C15H18ClNO4S2. The van der Waals surface area contributed by atoms with E-state index in [-0.39, 0.29) is 10.8 Å². The molecule has 2 aromatic rings. The quantitative estimate of drug-likeness (QED) is 0.713. The summed E-state index contributed by atoms with van der Waals surface area (Å²) in [6.07, 6.45) is 0.794. The van der Waals surface area contributed by atoms with Crippen molar-refractivity contribution in [1.29, 1.82) is 0 Å². The SMILES string of the molecule is CCc1ccc(S(=O)(=O)Nc2cccc(Cl)c2OCCOC)s1. The second-order valence-electron chi connectivity index (χ2n) is 4.64. The highest BCUT2D eigenvalue weighted by atomic mass is 35.5. The fraction of sp³-hybridized carbons (Fsp3) is 0.333. The van der Waals surface area contributed by atoms with Crippen LogP contribution in [0.3, 0.4) is 0 Å². The van der Waals surface area contributed by atoms with Gasteiger partial charge in [0.25, 0.3) is 10.0 Å². The van der Waals surface area contributed by atoms with E-state index < -0.39 is 10.0 Å². The molecule has 0 saturated heterocycles. The van der Waals surface area contributed by atoms with Crippen LogP contribution in [0, 0.1) is 0 Å². The van der Waals surface area contributed by atoms with Crippen LogP contribution in [-0.4, -0.2) is 28.7 Å². The molecule has 0 aliphatic rings. The first-order valence-corrected chi connectivity index (χ1v) is 9.67. The molecule has 1 aromatic heterocycles. The molecule has 1 N–H and O–H groups in total. The van der Waals surface area contributed by atoms with Crippen LogP contribution in [0.2, 0.25) is 5.02 Å². The number of anilines is 1. The molecule has 1 heterocycles. The van der Waals surface area contributed by atoms with Crippen molar-refractivity contribution in [3.8, 4) is 5.75 Å². The van der Waals surface area contributed by atoms with Gasteiger partial charge in [0.1, 0.15) is 10.8 Å². The maximum absolute atomic E-state index is 12.5. The lowest BCUT2D eigenvalue weighted by Gasteiger charge is -2.14. The lowest BCUT2D eigenvalue weighted by molar-refractivity contribution is 0.147. The number of thiophene rings is 1. The molecule has 0 bridgehead atoms. The summed E-state index contributed by atoms with van der Waals surface area (Å²) in [5.41, 5.74) is 0.306. The van der Waals surface area contributed by atoms with Gasteiger partial charge in [-0.15, -0.1) is 11.3 Å². The van der Waals surface area contributed by atoms with Gasteiger partial charge in [0.05, 0.1) is 17.3 Å². The number of benzene rings is 1. The Bertz CT molecular complexity index is 759. The number of hydrogen-bond donors (Lipinski definition) is 1. The minimum Gasteiger partial charge on any atom is -0.487 e. The number of nitrogens with one attached hydrogen (secondary N) is 1. The van der Waals surface area contributed by atoms with E-state index in [1.54, 1.807) is 31.4 Å². The Morgan fingerprint density at radius 2 is 2.00 bits per heavy atom. The Balaban J connectivity index is 2.26. The molecule has 5 nitrogen and oxygen atoms in total. The topological polar surface area (TPSA) is 64.6 Å². The van der Waals surface area contributed by atoms with Crippen LogP contribution in [0.1, 0.15) is 11.8 Å². The van der Waals surface area contributed by atoms with E-state index in [2.05, 4.69) is 4.72 Å². The molecule has 0 aliphatic heterocycles. The zero-order valence-electron chi connectivity index (χ0n) is 12.8. The Kier molecular flexibility index (Phi) is 6.29. The second kappa shape index (κ2) is 8.01. The fourth-order valence-corrected chi connectivity index (χ4v) is 4.44. The monoisotopic (exact) mass is 375 g/mol. The van der Waals surface area contributed by atoms with Crippen LogP contribution < -0.4 is 9.46 Å². The highest BCUT2D eigenvalue weighted by Gasteiger charge is 2.20. The van der Waals surface area contributed by atoms with Crippen LogP contribution >= 0.6 is 22.9 Å². The molecule has 0 unspecified atom stereocenters. The number of rotatable bonds is 8. The smallest absolute Gasteiger partial charge is 0.271 e. The van der Waals surface area contributed by atoms with Crippen LogP contribution in [0.15, 0.2) is 34.5 Å². The van der Waals surface area contributed by atoms with E-state index in [1.165, 1.54) is 11.3 Å². The average Bonchev–Trinajstić information content (AvgIpc) is 3.00. The van der Waals surface area contributed by atoms with E-state index in [0.29, 0.717) is 23.1 Å². The number of sulfonamides is 1. The minimum atomic E-state index is -3.67. The summed E-state index contributed by atoms with van der Waals surface area (Å²) in [7, 11) is -2.12. The Morgan fingerprint density at radius 3 is 2.65 bits per heavy atom. The van der Waals surface area contributed by atoms with Crippen molar-refractivity contribution in [2.45, 2.75) is 17.6 Å². The van der Waals surface area contributed by atoms with Gasteiger partial charge in [-0.3, -0.25) is 4.72 Å². The highest BCUT2D eigenvalue weighted by molar-refractivity contribution is 7.94. The standard InChI is InChI=1S/C15H18ClNO4S2/c1-3-11-7-8-14(22-11)23(18,19)17-13-6-4-5-12(16)15(13)21-10-9-20-2/h4-8,17H,3,9-10H2,1-2H3. The highest BCUT2D eigenvalue weighted by Crippen LogP contribution is 2.35. The van der Waals surface area contributed by atoms with Gasteiger partial charge in [-0.05, 0) is 30.7 Å². The Labute approximate surface area is 145 Å². The average molecular weight is 376 g/mol. The van der Waals surface area contributed by atoms with Crippen LogP contribution in [0.5, 0.6) is 5.75 Å². The lowest BCUT2D eigenvalue weighted by Crippen LogP contribution is -2.13. The summed E-state index contributed by atoms with van der Waals surface area (Å²) in [5, 5.41) is 0.335. The predicted molar refractivity (Wildman–Crippen MR) is 93.3 cm³/mol. The molecule has 23 heavy (non-hydrogen) atoms. The summed E-state index contributed by atoms with van der Waals surface area (Å²) < 4.78 is 38.3. The van der Waals surface area contributed by atoms with Crippen molar-refractivity contribution in [2.75, 3.05) is 25.0 Å². The molecule has 0 fully saturated rings. The third-order valence-electron chi connectivity index (χ3n) is 3.00. The van der Waals surface area contributed by atoms with E-state index in [0.717, 1.165) is 11.3 Å². The number of aryl methyl sites for hydroxylation is 1. The summed E-state index contributed by atoms with van der Waals surface area (Å²) in [5.74, 6) is 0.294. The van der Waals surface area contributed by atoms with Crippen LogP contribution in [-0.2, 0) is 21.2 Å². The maximum atomic E-state index is 12.5. The van der Waals surface area contributed by atoms with E-state index in [1.807, 2.05) is 13.0 Å². The van der Waals surface area contributed by atoms with Gasteiger partial charge in [0.15, 0.2) is 5.75 Å². The molecule has 0 atom stereocenters. The molecule has 0 radical (unpaired) electrons. The molecule has 8 heteroatoms. The van der Waals surface area contributed by atoms with Gasteiger partial charge in [-0.1, -0.05) is 24.6 Å². The largest absolute Gasteiger partial charge is 0.487 e. The molecular weight excluding hydrogens is 358 g/mol. The molecule has 0 amide bonds. The summed E-state index contributed by atoms with van der Waals surface area (Å²) in [6, 6.07) is 8.33. The first-order chi connectivity index (χ1) is 11.0.